The Bertz CT molecular complexity index is 606. The molecule has 1 amide bonds. The molecule has 0 aromatic heterocycles. The van der Waals surface area contributed by atoms with Crippen LogP contribution in [0.5, 0.6) is 0 Å². The van der Waals surface area contributed by atoms with E-state index in [2.05, 4.69) is 35.6 Å². The first-order valence-electron chi connectivity index (χ1n) is 6.68. The molecule has 0 aliphatic heterocycles. The Hall–Kier alpha value is -1.48. The SMILES string of the molecule is C[C@@H](Sc1ccc2ccccc2c1)C(=O)NC1CC1. The van der Waals surface area contributed by atoms with Crippen LogP contribution in [-0.4, -0.2) is 17.2 Å². The molecular weight excluding hydrogens is 254 g/mol. The van der Waals surface area contributed by atoms with Gasteiger partial charge in [-0.15, -0.1) is 11.8 Å². The molecule has 1 N–H and O–H groups in total. The molecule has 2 aromatic rings. The highest BCUT2D eigenvalue weighted by Crippen LogP contribution is 2.28. The van der Waals surface area contributed by atoms with Gasteiger partial charge < -0.3 is 5.32 Å². The van der Waals surface area contributed by atoms with Crippen molar-refractivity contribution in [2.45, 2.75) is 36.0 Å². The zero-order valence-electron chi connectivity index (χ0n) is 10.9. The second kappa shape index (κ2) is 5.25. The predicted molar refractivity (Wildman–Crippen MR) is 80.4 cm³/mol. The lowest BCUT2D eigenvalue weighted by Gasteiger charge is -2.11. The summed E-state index contributed by atoms with van der Waals surface area (Å²) in [6, 6.07) is 15.1. The molecule has 1 aliphatic rings. The zero-order valence-corrected chi connectivity index (χ0v) is 11.7. The Kier molecular flexibility index (Phi) is 3.47. The molecule has 0 heterocycles. The van der Waals surface area contributed by atoms with E-state index in [1.807, 2.05) is 19.1 Å². The highest BCUT2D eigenvalue weighted by Gasteiger charge is 2.25. The Balaban J connectivity index is 1.71. The summed E-state index contributed by atoms with van der Waals surface area (Å²) >= 11 is 1.62. The molecule has 1 fully saturated rings. The number of thioether (sulfide) groups is 1. The number of benzene rings is 2. The highest BCUT2D eigenvalue weighted by molar-refractivity contribution is 8.00. The summed E-state index contributed by atoms with van der Waals surface area (Å²) in [5.41, 5.74) is 0. The third-order valence-corrected chi connectivity index (χ3v) is 4.42. The molecule has 19 heavy (non-hydrogen) atoms. The van der Waals surface area contributed by atoms with E-state index < -0.39 is 0 Å². The van der Waals surface area contributed by atoms with Gasteiger partial charge in [-0.1, -0.05) is 30.3 Å². The number of fused-ring (bicyclic) bond motifs is 1. The lowest BCUT2D eigenvalue weighted by molar-refractivity contribution is -0.120. The Labute approximate surface area is 117 Å². The monoisotopic (exact) mass is 271 g/mol. The van der Waals surface area contributed by atoms with Gasteiger partial charge in [0.1, 0.15) is 0 Å². The van der Waals surface area contributed by atoms with Gasteiger partial charge in [-0.3, -0.25) is 4.79 Å². The van der Waals surface area contributed by atoms with E-state index in [9.17, 15) is 4.79 Å². The second-order valence-corrected chi connectivity index (χ2v) is 6.47. The third kappa shape index (κ3) is 3.10. The average Bonchev–Trinajstić information content (AvgIpc) is 3.22. The first-order chi connectivity index (χ1) is 9.22. The molecule has 98 valence electrons. The van der Waals surface area contributed by atoms with Crippen molar-refractivity contribution in [3.8, 4) is 0 Å². The van der Waals surface area contributed by atoms with Gasteiger partial charge in [0, 0.05) is 10.9 Å². The predicted octanol–water partition coefficient (Wildman–Crippen LogP) is 3.60. The van der Waals surface area contributed by atoms with Crippen LogP contribution in [0.2, 0.25) is 0 Å². The quantitative estimate of drug-likeness (QED) is 0.861. The fourth-order valence-electron chi connectivity index (χ4n) is 2.04. The standard InChI is InChI=1S/C16H17NOS/c1-11(16(18)17-14-7-8-14)19-15-9-6-12-4-2-3-5-13(12)10-15/h2-6,9-11,14H,7-8H2,1H3,(H,17,18)/t11-/m1/s1. The van der Waals surface area contributed by atoms with Crippen molar-refractivity contribution >= 4 is 28.4 Å². The van der Waals surface area contributed by atoms with E-state index in [1.165, 1.54) is 10.8 Å². The van der Waals surface area contributed by atoms with Crippen LogP contribution in [0.1, 0.15) is 19.8 Å². The van der Waals surface area contributed by atoms with Crippen LogP contribution in [-0.2, 0) is 4.79 Å². The lowest BCUT2D eigenvalue weighted by Crippen LogP contribution is -2.32. The van der Waals surface area contributed by atoms with Crippen LogP contribution in [0.25, 0.3) is 10.8 Å². The average molecular weight is 271 g/mol. The minimum Gasteiger partial charge on any atom is -0.352 e. The van der Waals surface area contributed by atoms with Crippen LogP contribution in [0.15, 0.2) is 47.4 Å². The van der Waals surface area contributed by atoms with Crippen molar-refractivity contribution in [3.05, 3.63) is 42.5 Å². The van der Waals surface area contributed by atoms with Gasteiger partial charge in [0.2, 0.25) is 5.91 Å². The summed E-state index contributed by atoms with van der Waals surface area (Å²) in [4.78, 5) is 13.1. The van der Waals surface area contributed by atoms with E-state index in [1.54, 1.807) is 11.8 Å². The number of carbonyl (C=O) groups excluding carboxylic acids is 1. The van der Waals surface area contributed by atoms with Crippen LogP contribution in [0.3, 0.4) is 0 Å². The molecule has 1 saturated carbocycles. The summed E-state index contributed by atoms with van der Waals surface area (Å²) in [6.07, 6.45) is 2.28. The van der Waals surface area contributed by atoms with Gasteiger partial charge >= 0.3 is 0 Å². The van der Waals surface area contributed by atoms with Gasteiger partial charge in [-0.05, 0) is 42.7 Å². The highest BCUT2D eigenvalue weighted by atomic mass is 32.2. The Morgan fingerprint density at radius 2 is 1.95 bits per heavy atom. The zero-order chi connectivity index (χ0) is 13.2. The second-order valence-electron chi connectivity index (χ2n) is 5.05. The normalized spacial score (nSPS) is 16.3. The van der Waals surface area contributed by atoms with Gasteiger partial charge in [0.15, 0.2) is 0 Å². The van der Waals surface area contributed by atoms with Gasteiger partial charge in [-0.25, -0.2) is 0 Å². The third-order valence-electron chi connectivity index (χ3n) is 3.33. The summed E-state index contributed by atoms with van der Waals surface area (Å²) in [5, 5.41) is 5.47. The van der Waals surface area contributed by atoms with Crippen LogP contribution < -0.4 is 5.32 Å². The number of hydrogen-bond acceptors (Lipinski definition) is 2. The van der Waals surface area contributed by atoms with E-state index in [-0.39, 0.29) is 11.2 Å². The maximum Gasteiger partial charge on any atom is 0.233 e. The molecule has 1 atom stereocenters. The molecule has 0 bridgehead atoms. The first-order valence-corrected chi connectivity index (χ1v) is 7.56. The number of amides is 1. The van der Waals surface area contributed by atoms with Crippen LogP contribution in [0, 0.1) is 0 Å². The van der Waals surface area contributed by atoms with E-state index in [0.29, 0.717) is 6.04 Å². The van der Waals surface area contributed by atoms with E-state index in [0.717, 1.165) is 17.7 Å². The molecule has 3 rings (SSSR count). The van der Waals surface area contributed by atoms with E-state index >= 15 is 0 Å². The van der Waals surface area contributed by atoms with Crippen molar-refractivity contribution in [3.63, 3.8) is 0 Å². The molecule has 0 radical (unpaired) electrons. The lowest BCUT2D eigenvalue weighted by atomic mass is 10.1. The van der Waals surface area contributed by atoms with Crippen LogP contribution in [0.4, 0.5) is 0 Å². The summed E-state index contributed by atoms with van der Waals surface area (Å²) in [6.45, 7) is 1.97. The largest absolute Gasteiger partial charge is 0.352 e. The smallest absolute Gasteiger partial charge is 0.233 e. The van der Waals surface area contributed by atoms with Crippen molar-refractivity contribution in [1.82, 2.24) is 5.32 Å². The minimum atomic E-state index is -0.0400. The van der Waals surface area contributed by atoms with Crippen LogP contribution >= 0.6 is 11.8 Å². The molecule has 2 aromatic carbocycles. The topological polar surface area (TPSA) is 29.1 Å². The fraction of sp³-hybridized carbons (Fsp3) is 0.312. The van der Waals surface area contributed by atoms with Gasteiger partial charge in [-0.2, -0.15) is 0 Å². The number of carbonyl (C=O) groups is 1. The molecule has 2 nitrogen and oxygen atoms in total. The summed E-state index contributed by atoms with van der Waals surface area (Å²) in [7, 11) is 0. The van der Waals surface area contributed by atoms with Gasteiger partial charge in [0.05, 0.1) is 5.25 Å². The minimum absolute atomic E-state index is 0.0400. The summed E-state index contributed by atoms with van der Waals surface area (Å²) < 4.78 is 0. The number of nitrogens with one attached hydrogen (secondary N) is 1. The maximum absolute atomic E-state index is 11.9. The first kappa shape index (κ1) is 12.5. The molecule has 0 spiro atoms. The van der Waals surface area contributed by atoms with Crippen molar-refractivity contribution in [2.24, 2.45) is 0 Å². The molecule has 3 heteroatoms. The van der Waals surface area contributed by atoms with Crippen molar-refractivity contribution in [1.29, 1.82) is 0 Å². The van der Waals surface area contributed by atoms with Crippen molar-refractivity contribution < 1.29 is 4.79 Å². The molecule has 1 aliphatic carbocycles. The fourth-order valence-corrected chi connectivity index (χ4v) is 2.97. The van der Waals surface area contributed by atoms with Crippen molar-refractivity contribution in [2.75, 3.05) is 0 Å². The molecular formula is C16H17NOS. The summed E-state index contributed by atoms with van der Waals surface area (Å²) in [5.74, 6) is 0.153. The molecule has 0 unspecified atom stereocenters. The van der Waals surface area contributed by atoms with Gasteiger partial charge in [0.25, 0.3) is 0 Å². The van der Waals surface area contributed by atoms with E-state index in [4.69, 9.17) is 0 Å². The number of hydrogen-bond donors (Lipinski definition) is 1. The Morgan fingerprint density at radius 1 is 1.21 bits per heavy atom. The maximum atomic E-state index is 11.9. The Morgan fingerprint density at radius 3 is 2.68 bits per heavy atom. The molecule has 0 saturated heterocycles. The number of rotatable bonds is 4.